The first-order valence-corrected chi connectivity index (χ1v) is 7.83. The zero-order valence-electron chi connectivity index (χ0n) is 10.7. The van der Waals surface area contributed by atoms with E-state index >= 15 is 0 Å². The van der Waals surface area contributed by atoms with Gasteiger partial charge in [-0.3, -0.25) is 4.90 Å². The summed E-state index contributed by atoms with van der Waals surface area (Å²) >= 11 is 2.16. The highest BCUT2D eigenvalue weighted by atomic mass is 32.2. The Labute approximate surface area is 104 Å². The van der Waals surface area contributed by atoms with E-state index in [1.807, 2.05) is 0 Å². The van der Waals surface area contributed by atoms with E-state index < -0.39 is 0 Å². The molecule has 2 rings (SSSR count). The van der Waals surface area contributed by atoms with Crippen LogP contribution in [0, 0.1) is 11.8 Å². The predicted octanol–water partition coefficient (Wildman–Crippen LogP) is 2.19. The van der Waals surface area contributed by atoms with Gasteiger partial charge in [0, 0.05) is 17.8 Å². The lowest BCUT2D eigenvalue weighted by molar-refractivity contribution is 0.0853. The highest BCUT2D eigenvalue weighted by Gasteiger charge is 2.33. The van der Waals surface area contributed by atoms with E-state index in [1.54, 1.807) is 0 Å². The van der Waals surface area contributed by atoms with Crippen molar-refractivity contribution >= 4 is 11.8 Å². The van der Waals surface area contributed by atoms with Gasteiger partial charge in [-0.15, -0.1) is 0 Å². The minimum atomic E-state index is 0.730. The van der Waals surface area contributed by atoms with Crippen molar-refractivity contribution in [2.45, 2.75) is 44.4 Å². The second-order valence-electron chi connectivity index (χ2n) is 5.54. The molecule has 0 bridgehead atoms. The van der Waals surface area contributed by atoms with Crippen LogP contribution in [-0.2, 0) is 0 Å². The molecular weight excluding hydrogens is 216 g/mol. The molecule has 2 N–H and O–H groups in total. The van der Waals surface area contributed by atoms with Crippen LogP contribution in [-0.4, -0.2) is 41.6 Å². The van der Waals surface area contributed by atoms with Gasteiger partial charge >= 0.3 is 0 Å². The molecule has 2 aliphatic rings. The van der Waals surface area contributed by atoms with Crippen LogP contribution in [0.15, 0.2) is 0 Å². The van der Waals surface area contributed by atoms with Crippen LogP contribution in [0.1, 0.15) is 33.1 Å². The maximum absolute atomic E-state index is 5.89. The van der Waals surface area contributed by atoms with Crippen LogP contribution in [0.3, 0.4) is 0 Å². The summed E-state index contributed by atoms with van der Waals surface area (Å²) in [6, 6.07) is 0.820. The molecule has 0 radical (unpaired) electrons. The molecule has 0 aliphatic carbocycles. The van der Waals surface area contributed by atoms with Gasteiger partial charge in [-0.1, -0.05) is 13.8 Å². The van der Waals surface area contributed by atoms with E-state index in [2.05, 4.69) is 30.5 Å². The fourth-order valence-corrected chi connectivity index (χ4v) is 4.41. The minimum Gasteiger partial charge on any atom is -0.330 e. The maximum atomic E-state index is 5.89. The lowest BCUT2D eigenvalue weighted by atomic mass is 9.86. The number of thioether (sulfide) groups is 1. The van der Waals surface area contributed by atoms with Crippen molar-refractivity contribution in [3.8, 4) is 0 Å². The van der Waals surface area contributed by atoms with Gasteiger partial charge < -0.3 is 5.73 Å². The van der Waals surface area contributed by atoms with Crippen molar-refractivity contribution < 1.29 is 0 Å². The molecule has 4 unspecified atom stereocenters. The molecule has 2 saturated heterocycles. The Balaban J connectivity index is 1.93. The van der Waals surface area contributed by atoms with Crippen LogP contribution >= 0.6 is 11.8 Å². The topological polar surface area (TPSA) is 29.3 Å². The van der Waals surface area contributed by atoms with Crippen molar-refractivity contribution in [1.82, 2.24) is 4.90 Å². The number of hydrogen-bond acceptors (Lipinski definition) is 3. The number of nitrogens with two attached hydrogens (primary N) is 1. The van der Waals surface area contributed by atoms with E-state index in [9.17, 15) is 0 Å². The zero-order valence-corrected chi connectivity index (χ0v) is 11.5. The average molecular weight is 242 g/mol. The van der Waals surface area contributed by atoms with Crippen LogP contribution in [0.25, 0.3) is 0 Å². The molecule has 0 spiro atoms. The lowest BCUT2D eigenvalue weighted by Crippen LogP contribution is -2.51. The molecular formula is C13H26N2S. The number of hydrogen-bond donors (Lipinski definition) is 1. The summed E-state index contributed by atoms with van der Waals surface area (Å²) in [6.45, 7) is 8.18. The van der Waals surface area contributed by atoms with Gasteiger partial charge in [-0.2, -0.15) is 11.8 Å². The SMILES string of the molecule is CC1CCN(C2CCCSC2C)CC1CN. The summed E-state index contributed by atoms with van der Waals surface area (Å²) in [5.41, 5.74) is 5.89. The van der Waals surface area contributed by atoms with Gasteiger partial charge in [0.15, 0.2) is 0 Å². The average Bonchev–Trinajstić information content (AvgIpc) is 2.31. The maximum Gasteiger partial charge on any atom is 0.0212 e. The summed E-state index contributed by atoms with van der Waals surface area (Å²) < 4.78 is 0. The fourth-order valence-electron chi connectivity index (χ4n) is 3.17. The predicted molar refractivity (Wildman–Crippen MR) is 72.8 cm³/mol. The first kappa shape index (κ1) is 12.7. The summed E-state index contributed by atoms with van der Waals surface area (Å²) in [5, 5.41) is 0.820. The van der Waals surface area contributed by atoms with E-state index in [0.29, 0.717) is 0 Å². The Hall–Kier alpha value is 0.270. The van der Waals surface area contributed by atoms with E-state index in [-0.39, 0.29) is 0 Å². The van der Waals surface area contributed by atoms with Crippen molar-refractivity contribution in [2.24, 2.45) is 17.6 Å². The van der Waals surface area contributed by atoms with Crippen molar-refractivity contribution in [1.29, 1.82) is 0 Å². The molecule has 0 aromatic carbocycles. The van der Waals surface area contributed by atoms with Crippen molar-refractivity contribution in [2.75, 3.05) is 25.4 Å². The Kier molecular flexibility index (Phi) is 4.57. The molecule has 0 aromatic heterocycles. The first-order chi connectivity index (χ1) is 7.72. The third kappa shape index (κ3) is 2.74. The van der Waals surface area contributed by atoms with Gasteiger partial charge in [0.2, 0.25) is 0 Å². The standard InChI is InChI=1S/C13H26N2S/c1-10-5-6-15(9-12(10)8-14)13-4-3-7-16-11(13)2/h10-13H,3-9,14H2,1-2H3. The molecule has 2 nitrogen and oxygen atoms in total. The van der Waals surface area contributed by atoms with E-state index in [0.717, 1.165) is 29.7 Å². The third-order valence-electron chi connectivity index (χ3n) is 4.48. The minimum absolute atomic E-state index is 0.730. The molecule has 2 aliphatic heterocycles. The van der Waals surface area contributed by atoms with Crippen LogP contribution < -0.4 is 5.73 Å². The molecule has 0 saturated carbocycles. The Bertz CT molecular complexity index is 222. The summed E-state index contributed by atoms with van der Waals surface area (Å²) in [5.74, 6) is 2.92. The number of rotatable bonds is 2. The molecule has 3 heteroatoms. The first-order valence-electron chi connectivity index (χ1n) is 6.78. The Morgan fingerprint density at radius 1 is 1.31 bits per heavy atom. The summed E-state index contributed by atoms with van der Waals surface area (Å²) in [7, 11) is 0. The largest absolute Gasteiger partial charge is 0.330 e. The normalized spacial score (nSPS) is 42.2. The van der Waals surface area contributed by atoms with Gasteiger partial charge in [0.25, 0.3) is 0 Å². The van der Waals surface area contributed by atoms with Gasteiger partial charge in [0.05, 0.1) is 0 Å². The second kappa shape index (κ2) is 5.74. The summed E-state index contributed by atoms with van der Waals surface area (Å²) in [6.07, 6.45) is 4.15. The van der Waals surface area contributed by atoms with E-state index in [4.69, 9.17) is 5.73 Å². The van der Waals surface area contributed by atoms with Crippen LogP contribution in [0.2, 0.25) is 0 Å². The Morgan fingerprint density at radius 2 is 2.12 bits per heavy atom. The molecule has 4 atom stereocenters. The fraction of sp³-hybridized carbons (Fsp3) is 1.00. The molecule has 2 fully saturated rings. The van der Waals surface area contributed by atoms with Gasteiger partial charge in [0.1, 0.15) is 0 Å². The molecule has 94 valence electrons. The monoisotopic (exact) mass is 242 g/mol. The lowest BCUT2D eigenvalue weighted by Gasteiger charge is -2.44. The van der Waals surface area contributed by atoms with Crippen molar-refractivity contribution in [3.05, 3.63) is 0 Å². The zero-order chi connectivity index (χ0) is 11.5. The smallest absolute Gasteiger partial charge is 0.0212 e. The third-order valence-corrected chi connectivity index (χ3v) is 5.85. The molecule has 0 amide bonds. The second-order valence-corrected chi connectivity index (χ2v) is 7.03. The van der Waals surface area contributed by atoms with Crippen LogP contribution in [0.5, 0.6) is 0 Å². The number of nitrogens with zero attached hydrogens (tertiary/aromatic N) is 1. The van der Waals surface area contributed by atoms with E-state index in [1.165, 1.54) is 38.1 Å². The number of piperidine rings is 1. The summed E-state index contributed by atoms with van der Waals surface area (Å²) in [4.78, 5) is 2.73. The van der Waals surface area contributed by atoms with Crippen LogP contribution in [0.4, 0.5) is 0 Å². The highest BCUT2D eigenvalue weighted by molar-refractivity contribution is 7.99. The highest BCUT2D eigenvalue weighted by Crippen LogP contribution is 2.32. The molecule has 0 aromatic rings. The van der Waals surface area contributed by atoms with Crippen molar-refractivity contribution in [3.63, 3.8) is 0 Å². The Morgan fingerprint density at radius 3 is 2.81 bits per heavy atom. The van der Waals surface area contributed by atoms with Gasteiger partial charge in [-0.25, -0.2) is 0 Å². The molecule has 16 heavy (non-hydrogen) atoms. The molecule has 2 heterocycles. The van der Waals surface area contributed by atoms with Gasteiger partial charge in [-0.05, 0) is 49.9 Å². The number of likely N-dealkylation sites (tertiary alicyclic amines) is 1. The quantitative estimate of drug-likeness (QED) is 0.805.